The Bertz CT molecular complexity index is 513. The Morgan fingerprint density at radius 3 is 2.65 bits per heavy atom. The van der Waals surface area contributed by atoms with Gasteiger partial charge in [-0.05, 0) is 53.9 Å². The van der Waals surface area contributed by atoms with Crippen LogP contribution >= 0.6 is 0 Å². The van der Waals surface area contributed by atoms with E-state index in [0.717, 1.165) is 0 Å². The van der Waals surface area contributed by atoms with E-state index in [4.69, 9.17) is 5.73 Å². The number of benzene rings is 1. The van der Waals surface area contributed by atoms with Gasteiger partial charge in [0.2, 0.25) is 0 Å². The second kappa shape index (κ2) is 4.08. The lowest BCUT2D eigenvalue weighted by Crippen LogP contribution is -2.43. The molecule has 0 radical (unpaired) electrons. The van der Waals surface area contributed by atoms with Gasteiger partial charge in [-0.2, -0.15) is 0 Å². The van der Waals surface area contributed by atoms with Gasteiger partial charge in [0.15, 0.2) is 0 Å². The fourth-order valence-corrected chi connectivity index (χ4v) is 6.31. The maximum Gasteiger partial charge on any atom is 0.105 e. The molecule has 4 saturated carbocycles. The average Bonchev–Trinajstić information content (AvgIpc) is 2.82. The predicted octanol–water partition coefficient (Wildman–Crippen LogP) is 3.05. The van der Waals surface area contributed by atoms with Gasteiger partial charge >= 0.3 is 0 Å². The minimum Gasteiger partial charge on any atom is -0.379 e. The summed E-state index contributed by atoms with van der Waals surface area (Å²) in [5.41, 5.74) is 8.26. The van der Waals surface area contributed by atoms with E-state index < -0.39 is 6.23 Å². The zero-order valence-corrected chi connectivity index (χ0v) is 12.3. The molecule has 2 heteroatoms. The van der Waals surface area contributed by atoms with Crippen LogP contribution in [0.3, 0.4) is 0 Å². The van der Waals surface area contributed by atoms with Crippen LogP contribution in [-0.4, -0.2) is 11.3 Å². The Balaban J connectivity index is 1.76. The monoisotopic (exact) mass is 271 g/mol. The van der Waals surface area contributed by atoms with Crippen molar-refractivity contribution in [2.24, 2.45) is 28.9 Å². The van der Waals surface area contributed by atoms with Gasteiger partial charge in [-0.3, -0.25) is 0 Å². The molecule has 5 rings (SSSR count). The highest BCUT2D eigenvalue weighted by Crippen LogP contribution is 2.73. The van der Waals surface area contributed by atoms with Crippen LogP contribution in [0.2, 0.25) is 0 Å². The lowest BCUT2D eigenvalue weighted by atomic mass is 9.61. The highest BCUT2D eigenvalue weighted by Gasteiger charge is 2.67. The molecule has 2 nitrogen and oxygen atoms in total. The maximum atomic E-state index is 10.0. The summed E-state index contributed by atoms with van der Waals surface area (Å²) in [6, 6.07) is 11.1. The lowest BCUT2D eigenvalue weighted by Gasteiger charge is -2.43. The topological polar surface area (TPSA) is 46.2 Å². The molecule has 4 bridgehead atoms. The summed E-state index contributed by atoms with van der Waals surface area (Å²) in [5.74, 6) is 1.60. The second-order valence-electron chi connectivity index (χ2n) is 7.59. The highest BCUT2D eigenvalue weighted by atomic mass is 16.3. The Morgan fingerprint density at radius 1 is 1.25 bits per heavy atom. The number of hydrogen-bond acceptors (Lipinski definition) is 2. The molecule has 0 spiro atoms. The summed E-state index contributed by atoms with van der Waals surface area (Å²) in [4.78, 5) is 0. The molecule has 4 aliphatic carbocycles. The minimum atomic E-state index is -0.620. The SMILES string of the molecule is CCC12CC3CC(c4ccccc4)(CC1C3C(N)O)C2. The van der Waals surface area contributed by atoms with Gasteiger partial charge in [-0.25, -0.2) is 0 Å². The van der Waals surface area contributed by atoms with Gasteiger partial charge in [-0.1, -0.05) is 43.7 Å². The number of hydrogen-bond donors (Lipinski definition) is 2. The van der Waals surface area contributed by atoms with E-state index in [1.807, 2.05) is 0 Å². The zero-order chi connectivity index (χ0) is 14.0. The van der Waals surface area contributed by atoms with E-state index in [1.165, 1.54) is 37.7 Å². The fraction of sp³-hybridized carbons (Fsp3) is 0.667. The lowest BCUT2D eigenvalue weighted by molar-refractivity contribution is 0.0313. The van der Waals surface area contributed by atoms with E-state index >= 15 is 0 Å². The molecule has 4 aliphatic rings. The minimum absolute atomic E-state index is 0.342. The van der Waals surface area contributed by atoms with Crippen LogP contribution in [0.5, 0.6) is 0 Å². The van der Waals surface area contributed by atoms with Gasteiger partial charge in [0.25, 0.3) is 0 Å². The number of aliphatic hydroxyl groups excluding tert-OH is 1. The smallest absolute Gasteiger partial charge is 0.105 e. The van der Waals surface area contributed by atoms with Gasteiger partial charge in [0.05, 0.1) is 0 Å². The standard InChI is InChI=1S/C18H25NO/c1-2-17-8-12-9-18(11-17,13-6-4-3-5-7-13)10-14(17)15(12)16(19)20/h3-7,12,14-16,20H,2,8-11,19H2,1H3. The third-order valence-corrected chi connectivity index (χ3v) is 6.90. The third kappa shape index (κ3) is 1.47. The first-order chi connectivity index (χ1) is 9.60. The molecule has 0 aromatic heterocycles. The van der Waals surface area contributed by atoms with Crippen molar-refractivity contribution in [1.29, 1.82) is 0 Å². The molecular formula is C18H25NO. The Kier molecular flexibility index (Phi) is 2.62. The summed E-state index contributed by atoms with van der Waals surface area (Å²) < 4.78 is 0. The van der Waals surface area contributed by atoms with E-state index in [2.05, 4.69) is 37.3 Å². The van der Waals surface area contributed by atoms with E-state index in [-0.39, 0.29) is 0 Å². The third-order valence-electron chi connectivity index (χ3n) is 6.90. The first-order valence-corrected chi connectivity index (χ1v) is 8.09. The van der Waals surface area contributed by atoms with E-state index in [9.17, 15) is 5.11 Å². The highest BCUT2D eigenvalue weighted by molar-refractivity contribution is 5.33. The Morgan fingerprint density at radius 2 is 2.00 bits per heavy atom. The summed E-state index contributed by atoms with van der Waals surface area (Å²) in [7, 11) is 0. The number of rotatable bonds is 3. The van der Waals surface area contributed by atoms with Crippen molar-refractivity contribution >= 4 is 0 Å². The molecule has 4 fully saturated rings. The van der Waals surface area contributed by atoms with E-state index in [1.54, 1.807) is 0 Å². The quantitative estimate of drug-likeness (QED) is 0.830. The predicted molar refractivity (Wildman–Crippen MR) is 80.0 cm³/mol. The summed E-state index contributed by atoms with van der Waals surface area (Å²) >= 11 is 0. The van der Waals surface area contributed by atoms with Gasteiger partial charge in [0.1, 0.15) is 6.23 Å². The normalized spacial score (nSPS) is 46.9. The van der Waals surface area contributed by atoms with Crippen molar-refractivity contribution in [2.75, 3.05) is 0 Å². The van der Waals surface area contributed by atoms with Crippen molar-refractivity contribution in [3.63, 3.8) is 0 Å². The first kappa shape index (κ1) is 12.8. The van der Waals surface area contributed by atoms with Gasteiger partial charge in [0, 0.05) is 5.92 Å². The summed E-state index contributed by atoms with van der Waals surface area (Å²) in [6.07, 6.45) is 5.69. The molecule has 0 aliphatic heterocycles. The van der Waals surface area contributed by atoms with Crippen molar-refractivity contribution in [2.45, 2.75) is 50.7 Å². The van der Waals surface area contributed by atoms with Crippen LogP contribution in [0.25, 0.3) is 0 Å². The molecule has 1 aromatic rings. The van der Waals surface area contributed by atoms with Gasteiger partial charge < -0.3 is 10.8 Å². The fourth-order valence-electron chi connectivity index (χ4n) is 6.31. The van der Waals surface area contributed by atoms with Crippen LogP contribution in [-0.2, 0) is 5.41 Å². The van der Waals surface area contributed by atoms with Gasteiger partial charge in [-0.15, -0.1) is 0 Å². The zero-order valence-electron chi connectivity index (χ0n) is 12.3. The molecule has 6 atom stereocenters. The van der Waals surface area contributed by atoms with Crippen LogP contribution in [0.15, 0.2) is 30.3 Å². The molecule has 108 valence electrons. The van der Waals surface area contributed by atoms with Crippen LogP contribution < -0.4 is 5.73 Å². The summed E-state index contributed by atoms with van der Waals surface area (Å²) in [6.45, 7) is 2.34. The molecular weight excluding hydrogens is 246 g/mol. The number of aliphatic hydroxyl groups is 1. The average molecular weight is 271 g/mol. The summed E-state index contributed by atoms with van der Waals surface area (Å²) in [5, 5.41) is 10.0. The maximum absolute atomic E-state index is 10.0. The van der Waals surface area contributed by atoms with Crippen LogP contribution in [0.4, 0.5) is 0 Å². The van der Waals surface area contributed by atoms with Crippen LogP contribution in [0.1, 0.15) is 44.6 Å². The Hall–Kier alpha value is -0.860. The number of nitrogens with two attached hydrogens (primary N) is 1. The molecule has 0 amide bonds. The molecule has 0 heterocycles. The second-order valence-corrected chi connectivity index (χ2v) is 7.59. The first-order valence-electron chi connectivity index (χ1n) is 8.09. The molecule has 20 heavy (non-hydrogen) atoms. The van der Waals surface area contributed by atoms with E-state index in [0.29, 0.717) is 28.6 Å². The molecule has 3 N–H and O–H groups in total. The van der Waals surface area contributed by atoms with Crippen molar-refractivity contribution in [3.05, 3.63) is 35.9 Å². The van der Waals surface area contributed by atoms with Crippen molar-refractivity contribution in [1.82, 2.24) is 0 Å². The Labute approximate surface area is 121 Å². The molecule has 1 aromatic carbocycles. The molecule has 6 unspecified atom stereocenters. The van der Waals surface area contributed by atoms with Crippen molar-refractivity contribution in [3.8, 4) is 0 Å². The molecule has 0 saturated heterocycles. The van der Waals surface area contributed by atoms with Crippen LogP contribution in [0, 0.1) is 23.2 Å². The van der Waals surface area contributed by atoms with Crippen molar-refractivity contribution < 1.29 is 5.11 Å². The largest absolute Gasteiger partial charge is 0.379 e.